The summed E-state index contributed by atoms with van der Waals surface area (Å²) in [6.07, 6.45) is 3.21. The van der Waals surface area contributed by atoms with Crippen LogP contribution in [-0.4, -0.2) is 43.1 Å². The molecule has 2 aliphatic rings. The number of rotatable bonds is 2. The molecule has 20 heavy (non-hydrogen) atoms. The SMILES string of the molecule is COc1cc(Cl)ccc1C(=O)N1C2CCNCC1CC2. The minimum Gasteiger partial charge on any atom is -0.496 e. The van der Waals surface area contributed by atoms with Gasteiger partial charge in [-0.1, -0.05) is 11.6 Å². The van der Waals surface area contributed by atoms with E-state index in [-0.39, 0.29) is 5.91 Å². The largest absolute Gasteiger partial charge is 0.496 e. The lowest BCUT2D eigenvalue weighted by Gasteiger charge is -2.28. The van der Waals surface area contributed by atoms with E-state index in [0.717, 1.165) is 32.4 Å². The molecule has 3 rings (SSSR count). The summed E-state index contributed by atoms with van der Waals surface area (Å²) in [5, 5.41) is 3.99. The number of halogens is 1. The Hall–Kier alpha value is -1.26. The summed E-state index contributed by atoms with van der Waals surface area (Å²) in [7, 11) is 1.57. The molecule has 2 saturated heterocycles. The molecule has 2 fully saturated rings. The average Bonchev–Trinajstić information content (AvgIpc) is 2.71. The lowest BCUT2D eigenvalue weighted by atomic mass is 10.1. The van der Waals surface area contributed by atoms with Crippen molar-refractivity contribution in [2.75, 3.05) is 20.2 Å². The third kappa shape index (κ3) is 2.38. The molecule has 1 N–H and O–H groups in total. The van der Waals surface area contributed by atoms with E-state index in [0.29, 0.717) is 28.4 Å². The van der Waals surface area contributed by atoms with Crippen molar-refractivity contribution in [1.29, 1.82) is 0 Å². The maximum Gasteiger partial charge on any atom is 0.258 e. The van der Waals surface area contributed by atoms with Crippen molar-refractivity contribution in [1.82, 2.24) is 10.2 Å². The fourth-order valence-corrected chi connectivity index (χ4v) is 3.46. The number of hydrogen-bond acceptors (Lipinski definition) is 3. The minimum atomic E-state index is 0.0646. The molecule has 108 valence electrons. The molecule has 1 aromatic rings. The van der Waals surface area contributed by atoms with Crippen molar-refractivity contribution in [3.63, 3.8) is 0 Å². The van der Waals surface area contributed by atoms with E-state index in [1.165, 1.54) is 0 Å². The van der Waals surface area contributed by atoms with Crippen molar-refractivity contribution in [2.24, 2.45) is 0 Å². The predicted octanol–water partition coefficient (Wildman–Crippen LogP) is 2.32. The fraction of sp³-hybridized carbons (Fsp3) is 0.533. The Labute approximate surface area is 124 Å². The molecular weight excluding hydrogens is 276 g/mol. The van der Waals surface area contributed by atoms with Crippen LogP contribution in [0.4, 0.5) is 0 Å². The summed E-state index contributed by atoms with van der Waals surface area (Å²) < 4.78 is 5.31. The molecular formula is C15H19ClN2O2. The zero-order valence-electron chi connectivity index (χ0n) is 11.6. The Balaban J connectivity index is 1.92. The molecule has 0 saturated carbocycles. The van der Waals surface area contributed by atoms with Crippen LogP contribution in [0.1, 0.15) is 29.6 Å². The molecule has 2 aliphatic heterocycles. The van der Waals surface area contributed by atoms with Crippen molar-refractivity contribution in [2.45, 2.75) is 31.3 Å². The Bertz CT molecular complexity index is 507. The van der Waals surface area contributed by atoms with Gasteiger partial charge < -0.3 is 15.0 Å². The van der Waals surface area contributed by atoms with Crippen molar-refractivity contribution >= 4 is 17.5 Å². The molecule has 2 unspecified atom stereocenters. The minimum absolute atomic E-state index is 0.0646. The second-order valence-electron chi connectivity index (χ2n) is 5.43. The van der Waals surface area contributed by atoms with Crippen LogP contribution in [0.25, 0.3) is 0 Å². The van der Waals surface area contributed by atoms with Crippen LogP contribution >= 0.6 is 11.6 Å². The monoisotopic (exact) mass is 294 g/mol. The molecule has 4 nitrogen and oxygen atoms in total. The summed E-state index contributed by atoms with van der Waals surface area (Å²) in [6, 6.07) is 5.86. The van der Waals surface area contributed by atoms with E-state index < -0.39 is 0 Å². The van der Waals surface area contributed by atoms with Gasteiger partial charge in [-0.25, -0.2) is 0 Å². The molecule has 5 heteroatoms. The zero-order valence-corrected chi connectivity index (χ0v) is 12.3. The van der Waals surface area contributed by atoms with E-state index in [1.807, 2.05) is 4.90 Å². The van der Waals surface area contributed by atoms with Gasteiger partial charge in [0.1, 0.15) is 5.75 Å². The smallest absolute Gasteiger partial charge is 0.258 e. The maximum atomic E-state index is 12.9. The Morgan fingerprint density at radius 1 is 1.35 bits per heavy atom. The van der Waals surface area contributed by atoms with Crippen LogP contribution in [0.3, 0.4) is 0 Å². The molecule has 2 heterocycles. The van der Waals surface area contributed by atoms with Crippen LogP contribution in [0.5, 0.6) is 5.75 Å². The maximum absolute atomic E-state index is 12.9. The van der Waals surface area contributed by atoms with Crippen LogP contribution < -0.4 is 10.1 Å². The highest BCUT2D eigenvalue weighted by Crippen LogP contribution is 2.32. The number of fused-ring (bicyclic) bond motifs is 2. The molecule has 1 amide bonds. The lowest BCUT2D eigenvalue weighted by Crippen LogP contribution is -2.42. The third-order valence-corrected chi connectivity index (χ3v) is 4.52. The standard InChI is InChI=1S/C15H19ClN2O2/c1-20-14-8-10(16)2-5-13(14)15(19)18-11-3-4-12(18)9-17-7-6-11/h2,5,8,11-12,17H,3-4,6-7,9H2,1H3. The number of carbonyl (C=O) groups excluding carboxylic acids is 1. The second-order valence-corrected chi connectivity index (χ2v) is 5.87. The molecule has 2 atom stereocenters. The normalized spacial score (nSPS) is 25.4. The molecule has 0 radical (unpaired) electrons. The van der Waals surface area contributed by atoms with E-state index in [2.05, 4.69) is 5.32 Å². The first-order valence-electron chi connectivity index (χ1n) is 7.07. The second kappa shape index (κ2) is 5.62. The van der Waals surface area contributed by atoms with Crippen LogP contribution in [-0.2, 0) is 0 Å². The first-order valence-corrected chi connectivity index (χ1v) is 7.45. The molecule has 0 spiro atoms. The average molecular weight is 295 g/mol. The van der Waals surface area contributed by atoms with E-state index in [4.69, 9.17) is 16.3 Å². The highest BCUT2D eigenvalue weighted by atomic mass is 35.5. The van der Waals surface area contributed by atoms with Crippen molar-refractivity contribution in [3.8, 4) is 5.75 Å². The zero-order chi connectivity index (χ0) is 14.1. The summed E-state index contributed by atoms with van der Waals surface area (Å²) in [5.74, 6) is 0.619. The fourth-order valence-electron chi connectivity index (χ4n) is 3.29. The van der Waals surface area contributed by atoms with Gasteiger partial charge in [0.05, 0.1) is 12.7 Å². The Morgan fingerprint density at radius 3 is 2.95 bits per heavy atom. The molecule has 2 bridgehead atoms. The van der Waals surface area contributed by atoms with Crippen LogP contribution in [0, 0.1) is 0 Å². The van der Waals surface area contributed by atoms with Gasteiger partial charge in [0.25, 0.3) is 5.91 Å². The number of carbonyl (C=O) groups is 1. The van der Waals surface area contributed by atoms with E-state index >= 15 is 0 Å². The number of hydrogen-bond donors (Lipinski definition) is 1. The number of nitrogens with zero attached hydrogens (tertiary/aromatic N) is 1. The van der Waals surface area contributed by atoms with Crippen LogP contribution in [0.15, 0.2) is 18.2 Å². The van der Waals surface area contributed by atoms with Gasteiger partial charge in [-0.05, 0) is 44.0 Å². The highest BCUT2D eigenvalue weighted by Gasteiger charge is 2.39. The number of benzene rings is 1. The van der Waals surface area contributed by atoms with Gasteiger partial charge in [0.2, 0.25) is 0 Å². The topological polar surface area (TPSA) is 41.6 Å². The van der Waals surface area contributed by atoms with Crippen molar-refractivity contribution < 1.29 is 9.53 Å². The summed E-state index contributed by atoms with van der Waals surface area (Å²) in [6.45, 7) is 1.88. The predicted molar refractivity (Wildman–Crippen MR) is 78.5 cm³/mol. The number of amides is 1. The lowest BCUT2D eigenvalue weighted by molar-refractivity contribution is 0.0677. The van der Waals surface area contributed by atoms with Gasteiger partial charge in [-0.3, -0.25) is 4.79 Å². The third-order valence-electron chi connectivity index (χ3n) is 4.28. The quantitative estimate of drug-likeness (QED) is 0.910. The summed E-state index contributed by atoms with van der Waals surface area (Å²) in [5.41, 5.74) is 0.607. The molecule has 1 aromatic carbocycles. The van der Waals surface area contributed by atoms with Gasteiger partial charge in [0.15, 0.2) is 0 Å². The number of ether oxygens (including phenoxy) is 1. The first kappa shape index (κ1) is 13.7. The molecule has 0 aliphatic carbocycles. The molecule has 0 aromatic heterocycles. The Kier molecular flexibility index (Phi) is 3.85. The van der Waals surface area contributed by atoms with E-state index in [1.54, 1.807) is 25.3 Å². The highest BCUT2D eigenvalue weighted by molar-refractivity contribution is 6.30. The van der Waals surface area contributed by atoms with Gasteiger partial charge in [-0.2, -0.15) is 0 Å². The van der Waals surface area contributed by atoms with Gasteiger partial charge in [-0.15, -0.1) is 0 Å². The number of methoxy groups -OCH3 is 1. The van der Waals surface area contributed by atoms with Crippen LogP contribution in [0.2, 0.25) is 5.02 Å². The first-order chi connectivity index (χ1) is 9.70. The summed E-state index contributed by atoms with van der Waals surface area (Å²) in [4.78, 5) is 14.9. The summed E-state index contributed by atoms with van der Waals surface area (Å²) >= 11 is 5.97. The van der Waals surface area contributed by atoms with Crippen molar-refractivity contribution in [3.05, 3.63) is 28.8 Å². The van der Waals surface area contributed by atoms with E-state index in [9.17, 15) is 4.79 Å². The number of nitrogens with one attached hydrogen (secondary N) is 1. The van der Waals surface area contributed by atoms with Gasteiger partial charge in [0, 0.05) is 23.7 Å². The van der Waals surface area contributed by atoms with Gasteiger partial charge >= 0.3 is 0 Å². The Morgan fingerprint density at radius 2 is 2.15 bits per heavy atom.